The first-order valence-electron chi connectivity index (χ1n) is 5.50. The van der Waals surface area contributed by atoms with Gasteiger partial charge in [0.05, 0.1) is 6.04 Å². The average Bonchev–Trinajstić information content (AvgIpc) is 2.35. The molecular formula is C13H17NO2. The SMILES string of the molecule is CCC(C)C(C=O)NC(=O)c1ccccc1. The zero-order valence-corrected chi connectivity index (χ0v) is 9.64. The summed E-state index contributed by atoms with van der Waals surface area (Å²) in [5.41, 5.74) is 0.581. The van der Waals surface area contributed by atoms with Crippen LogP contribution in [0, 0.1) is 5.92 Å². The van der Waals surface area contributed by atoms with Crippen LogP contribution in [0.1, 0.15) is 30.6 Å². The fraction of sp³-hybridized carbons (Fsp3) is 0.385. The minimum Gasteiger partial charge on any atom is -0.342 e. The fourth-order valence-corrected chi connectivity index (χ4v) is 1.39. The molecule has 1 aromatic carbocycles. The first-order chi connectivity index (χ1) is 7.69. The second-order valence-corrected chi connectivity index (χ2v) is 3.89. The van der Waals surface area contributed by atoms with E-state index >= 15 is 0 Å². The summed E-state index contributed by atoms with van der Waals surface area (Å²) in [5, 5.41) is 2.73. The van der Waals surface area contributed by atoms with E-state index in [1.54, 1.807) is 24.3 Å². The van der Waals surface area contributed by atoms with E-state index in [0.29, 0.717) is 5.56 Å². The van der Waals surface area contributed by atoms with Crippen LogP contribution >= 0.6 is 0 Å². The molecule has 0 heterocycles. The zero-order valence-electron chi connectivity index (χ0n) is 9.64. The second-order valence-electron chi connectivity index (χ2n) is 3.89. The Morgan fingerprint density at radius 2 is 2.00 bits per heavy atom. The number of hydrogen-bond acceptors (Lipinski definition) is 2. The van der Waals surface area contributed by atoms with Crippen LogP contribution in [0.4, 0.5) is 0 Å². The van der Waals surface area contributed by atoms with Gasteiger partial charge < -0.3 is 10.1 Å². The number of carbonyl (C=O) groups is 2. The normalized spacial score (nSPS) is 13.9. The van der Waals surface area contributed by atoms with Crippen LogP contribution in [0.25, 0.3) is 0 Å². The maximum Gasteiger partial charge on any atom is 0.251 e. The number of amides is 1. The quantitative estimate of drug-likeness (QED) is 0.770. The van der Waals surface area contributed by atoms with Crippen molar-refractivity contribution in [2.75, 3.05) is 0 Å². The minimum atomic E-state index is -0.405. The molecule has 86 valence electrons. The van der Waals surface area contributed by atoms with E-state index in [1.165, 1.54) is 0 Å². The van der Waals surface area contributed by atoms with E-state index in [2.05, 4.69) is 5.32 Å². The van der Waals surface area contributed by atoms with Gasteiger partial charge in [-0.2, -0.15) is 0 Å². The van der Waals surface area contributed by atoms with Gasteiger partial charge >= 0.3 is 0 Å². The molecule has 3 nitrogen and oxygen atoms in total. The maximum atomic E-state index is 11.8. The number of hydrogen-bond donors (Lipinski definition) is 1. The van der Waals surface area contributed by atoms with Crippen molar-refractivity contribution in [3.63, 3.8) is 0 Å². The van der Waals surface area contributed by atoms with Crippen molar-refractivity contribution in [2.45, 2.75) is 26.3 Å². The molecule has 0 spiro atoms. The molecule has 1 amide bonds. The minimum absolute atomic E-state index is 0.158. The molecule has 0 fully saturated rings. The summed E-state index contributed by atoms with van der Waals surface area (Å²) in [5.74, 6) is -0.0387. The highest BCUT2D eigenvalue weighted by Gasteiger charge is 2.17. The Morgan fingerprint density at radius 3 is 2.50 bits per heavy atom. The first-order valence-corrected chi connectivity index (χ1v) is 5.50. The second kappa shape index (κ2) is 6.05. The number of aldehydes is 1. The monoisotopic (exact) mass is 219 g/mol. The highest BCUT2D eigenvalue weighted by molar-refractivity contribution is 5.95. The van der Waals surface area contributed by atoms with E-state index < -0.39 is 6.04 Å². The van der Waals surface area contributed by atoms with Crippen molar-refractivity contribution >= 4 is 12.2 Å². The van der Waals surface area contributed by atoms with Gasteiger partial charge in [0.2, 0.25) is 0 Å². The molecule has 3 heteroatoms. The van der Waals surface area contributed by atoms with Crippen molar-refractivity contribution in [3.8, 4) is 0 Å². The lowest BCUT2D eigenvalue weighted by atomic mass is 10.00. The van der Waals surface area contributed by atoms with Gasteiger partial charge in [-0.15, -0.1) is 0 Å². The molecule has 0 aliphatic heterocycles. The smallest absolute Gasteiger partial charge is 0.251 e. The molecule has 0 bridgehead atoms. The predicted molar refractivity (Wildman–Crippen MR) is 63.2 cm³/mol. The van der Waals surface area contributed by atoms with Crippen LogP contribution in [0.15, 0.2) is 30.3 Å². The Hall–Kier alpha value is -1.64. The zero-order chi connectivity index (χ0) is 12.0. The van der Waals surface area contributed by atoms with Gasteiger partial charge in [-0.3, -0.25) is 4.79 Å². The largest absolute Gasteiger partial charge is 0.342 e. The number of rotatable bonds is 5. The van der Waals surface area contributed by atoms with E-state index in [0.717, 1.165) is 12.7 Å². The highest BCUT2D eigenvalue weighted by Crippen LogP contribution is 2.07. The van der Waals surface area contributed by atoms with Crippen molar-refractivity contribution in [2.24, 2.45) is 5.92 Å². The molecule has 2 unspecified atom stereocenters. The first kappa shape index (κ1) is 12.4. The predicted octanol–water partition coefficient (Wildman–Crippen LogP) is 2.03. The van der Waals surface area contributed by atoms with Gasteiger partial charge in [-0.1, -0.05) is 38.5 Å². The molecule has 0 aliphatic carbocycles. The van der Waals surface area contributed by atoms with Crippen molar-refractivity contribution < 1.29 is 9.59 Å². The number of carbonyl (C=O) groups excluding carboxylic acids is 2. The Bertz CT molecular complexity index is 348. The van der Waals surface area contributed by atoms with E-state index in [9.17, 15) is 9.59 Å². The molecule has 0 aromatic heterocycles. The molecule has 1 aromatic rings. The third-order valence-electron chi connectivity index (χ3n) is 2.74. The molecule has 0 radical (unpaired) electrons. The highest BCUT2D eigenvalue weighted by atomic mass is 16.2. The molecule has 1 N–H and O–H groups in total. The summed E-state index contributed by atoms with van der Waals surface area (Å²) in [6.07, 6.45) is 1.66. The number of benzene rings is 1. The van der Waals surface area contributed by atoms with Crippen LogP contribution in [0.2, 0.25) is 0 Å². The summed E-state index contributed by atoms with van der Waals surface area (Å²) in [6.45, 7) is 3.94. The van der Waals surface area contributed by atoms with Gasteiger partial charge in [-0.05, 0) is 18.1 Å². The maximum absolute atomic E-state index is 11.8. The fourth-order valence-electron chi connectivity index (χ4n) is 1.39. The molecule has 0 aliphatic rings. The van der Waals surface area contributed by atoms with Gasteiger partial charge in [0.25, 0.3) is 5.91 Å². The van der Waals surface area contributed by atoms with E-state index in [4.69, 9.17) is 0 Å². The molecule has 1 rings (SSSR count). The van der Waals surface area contributed by atoms with Crippen LogP contribution in [-0.2, 0) is 4.79 Å². The molecule has 0 saturated heterocycles. The summed E-state index contributed by atoms with van der Waals surface area (Å²) in [6, 6.07) is 8.50. The summed E-state index contributed by atoms with van der Waals surface area (Å²) in [7, 11) is 0. The van der Waals surface area contributed by atoms with Crippen LogP contribution in [0.3, 0.4) is 0 Å². The van der Waals surface area contributed by atoms with Gasteiger partial charge in [0, 0.05) is 5.56 Å². The van der Waals surface area contributed by atoms with Crippen molar-refractivity contribution in [3.05, 3.63) is 35.9 Å². The van der Waals surface area contributed by atoms with Crippen LogP contribution < -0.4 is 5.32 Å². The Morgan fingerprint density at radius 1 is 1.38 bits per heavy atom. The van der Waals surface area contributed by atoms with Crippen molar-refractivity contribution in [1.29, 1.82) is 0 Å². The molecular weight excluding hydrogens is 202 g/mol. The lowest BCUT2D eigenvalue weighted by Gasteiger charge is -2.18. The number of nitrogens with one attached hydrogen (secondary N) is 1. The average molecular weight is 219 g/mol. The topological polar surface area (TPSA) is 46.2 Å². The van der Waals surface area contributed by atoms with Crippen LogP contribution in [0.5, 0.6) is 0 Å². The summed E-state index contributed by atoms with van der Waals surface area (Å²) < 4.78 is 0. The third-order valence-corrected chi connectivity index (χ3v) is 2.74. The molecule has 0 saturated carbocycles. The molecule has 2 atom stereocenters. The van der Waals surface area contributed by atoms with Gasteiger partial charge in [-0.25, -0.2) is 0 Å². The van der Waals surface area contributed by atoms with E-state index in [1.807, 2.05) is 19.9 Å². The lowest BCUT2D eigenvalue weighted by Crippen LogP contribution is -2.40. The van der Waals surface area contributed by atoms with Crippen LogP contribution in [-0.4, -0.2) is 18.2 Å². The van der Waals surface area contributed by atoms with Gasteiger partial charge in [0.15, 0.2) is 0 Å². The summed E-state index contributed by atoms with van der Waals surface area (Å²) in [4.78, 5) is 22.6. The third kappa shape index (κ3) is 3.19. The molecule has 16 heavy (non-hydrogen) atoms. The Balaban J connectivity index is 2.66. The Labute approximate surface area is 95.9 Å². The van der Waals surface area contributed by atoms with E-state index in [-0.39, 0.29) is 11.8 Å². The standard InChI is InChI=1S/C13H17NO2/c1-3-10(2)12(9-15)14-13(16)11-7-5-4-6-8-11/h4-10,12H,3H2,1-2H3,(H,14,16). The lowest BCUT2D eigenvalue weighted by molar-refractivity contribution is -0.110. The van der Waals surface area contributed by atoms with Crippen molar-refractivity contribution in [1.82, 2.24) is 5.32 Å². The van der Waals surface area contributed by atoms with Gasteiger partial charge in [0.1, 0.15) is 6.29 Å². The Kier molecular flexibility index (Phi) is 4.70. The summed E-state index contributed by atoms with van der Waals surface area (Å²) >= 11 is 0.